The maximum absolute atomic E-state index is 12.3. The number of nitrogens with one attached hydrogen (secondary N) is 1. The summed E-state index contributed by atoms with van der Waals surface area (Å²) >= 11 is 0. The quantitative estimate of drug-likeness (QED) is 0.429. The number of hydrogen-bond donors (Lipinski definition) is 1. The number of pyridine rings is 1. The maximum Gasteiger partial charge on any atom is 0.268 e. The van der Waals surface area contributed by atoms with Crippen LogP contribution >= 0.6 is 0 Å². The van der Waals surface area contributed by atoms with Crippen LogP contribution in [0.3, 0.4) is 0 Å². The lowest BCUT2D eigenvalue weighted by Crippen LogP contribution is -2.15. The van der Waals surface area contributed by atoms with Crippen LogP contribution in [-0.2, 0) is 16.4 Å². The van der Waals surface area contributed by atoms with E-state index in [2.05, 4.69) is 30.5 Å². The molecule has 0 radical (unpaired) electrons. The van der Waals surface area contributed by atoms with Gasteiger partial charge in [0.05, 0.1) is 22.8 Å². The molecule has 4 aromatic rings. The molecular formula is C23H28N6O3S. The van der Waals surface area contributed by atoms with E-state index < -0.39 is 15.1 Å². The first-order valence-corrected chi connectivity index (χ1v) is 12.0. The van der Waals surface area contributed by atoms with E-state index in [1.54, 1.807) is 33.0 Å². The largest absolute Gasteiger partial charge is 0.415 e. The molecule has 0 bridgehead atoms. The van der Waals surface area contributed by atoms with Gasteiger partial charge in [-0.2, -0.15) is 0 Å². The first-order chi connectivity index (χ1) is 15.8. The van der Waals surface area contributed by atoms with Crippen LogP contribution in [0, 0.1) is 6.92 Å². The smallest absolute Gasteiger partial charge is 0.268 e. The highest BCUT2D eigenvalue weighted by Gasteiger charge is 2.21. The summed E-state index contributed by atoms with van der Waals surface area (Å²) in [6, 6.07) is 11.0. The van der Waals surface area contributed by atoms with Gasteiger partial charge in [0.1, 0.15) is 5.69 Å². The Morgan fingerprint density at radius 1 is 0.970 bits per heavy atom. The molecule has 10 heteroatoms. The highest BCUT2D eigenvalue weighted by molar-refractivity contribution is 7.91. The summed E-state index contributed by atoms with van der Waals surface area (Å²) in [5.41, 5.74) is 4.19. The Labute approximate surface area is 195 Å². The van der Waals surface area contributed by atoms with Crippen molar-refractivity contribution in [1.29, 1.82) is 0 Å². The summed E-state index contributed by atoms with van der Waals surface area (Å²) < 4.78 is 30.5. The van der Waals surface area contributed by atoms with Crippen LogP contribution in [0.4, 0.5) is 0 Å². The van der Waals surface area contributed by atoms with Gasteiger partial charge in [0.15, 0.2) is 14.9 Å². The molecule has 1 aromatic carbocycles. The summed E-state index contributed by atoms with van der Waals surface area (Å²) in [5, 5.41) is 10.9. The van der Waals surface area contributed by atoms with E-state index in [9.17, 15) is 8.42 Å². The topological polar surface area (TPSA) is 124 Å². The maximum atomic E-state index is 12.3. The molecule has 3 heterocycles. The molecule has 1 N–H and O–H groups in total. The highest BCUT2D eigenvalue weighted by atomic mass is 32.2. The molecule has 0 amide bonds. The zero-order valence-corrected chi connectivity index (χ0v) is 19.6. The van der Waals surface area contributed by atoms with Crippen molar-refractivity contribution < 1.29 is 15.7 Å². The fourth-order valence-corrected chi connectivity index (χ4v) is 4.08. The lowest BCUT2D eigenvalue weighted by molar-refractivity contribution is 0.581. The Balaban J connectivity index is 0.00000216. The monoisotopic (exact) mass is 468 g/mol. The van der Waals surface area contributed by atoms with Crippen molar-refractivity contribution in [3.8, 4) is 34.3 Å². The van der Waals surface area contributed by atoms with Crippen LogP contribution < -0.4 is 5.32 Å². The average Bonchev–Trinajstić information content (AvgIpc) is 3.30. The van der Waals surface area contributed by atoms with Gasteiger partial charge in [0.25, 0.3) is 5.89 Å². The molecule has 0 atom stereocenters. The van der Waals surface area contributed by atoms with E-state index >= 15 is 0 Å². The molecule has 9 nitrogen and oxygen atoms in total. The highest BCUT2D eigenvalue weighted by Crippen LogP contribution is 2.27. The second kappa shape index (κ2) is 9.16. The van der Waals surface area contributed by atoms with Gasteiger partial charge in [-0.15, -0.1) is 10.2 Å². The molecule has 0 aliphatic rings. The molecule has 0 aliphatic carbocycles. The first kappa shape index (κ1) is 22.7. The molecule has 4 rings (SSSR count). The number of nitrogens with zero attached hydrogens (tertiary/aromatic N) is 5. The second-order valence-corrected chi connectivity index (χ2v) is 10.3. The molecule has 33 heavy (non-hydrogen) atoms. The third-order valence-corrected chi connectivity index (χ3v) is 7.17. The summed E-state index contributed by atoms with van der Waals surface area (Å²) in [4.78, 5) is 13.2. The standard InChI is InChI=1S/C23H24N6O3S.2H2/c1-14(2)33(30,31)20-10-9-18(12-26-20)19-13-25-15(3)21(27-19)23-29-28-22(32-23)17-7-5-16(6-8-17)11-24-4;;/h5-10,12-14,24H,11H2,1-4H3;2*1H. The van der Waals surface area contributed by atoms with Crippen molar-refractivity contribution >= 4 is 9.84 Å². The Morgan fingerprint density at radius 3 is 2.30 bits per heavy atom. The fraction of sp³-hybridized carbons (Fsp3) is 0.261. The van der Waals surface area contributed by atoms with E-state index in [0.717, 1.165) is 17.7 Å². The predicted molar refractivity (Wildman–Crippen MR) is 128 cm³/mol. The van der Waals surface area contributed by atoms with Crippen molar-refractivity contribution in [1.82, 2.24) is 30.5 Å². The summed E-state index contributed by atoms with van der Waals surface area (Å²) in [7, 11) is -1.55. The van der Waals surface area contributed by atoms with Gasteiger partial charge < -0.3 is 9.73 Å². The van der Waals surface area contributed by atoms with Crippen LogP contribution in [-0.4, -0.2) is 45.9 Å². The predicted octanol–water partition coefficient (Wildman–Crippen LogP) is 3.96. The van der Waals surface area contributed by atoms with E-state index in [1.165, 1.54) is 12.3 Å². The van der Waals surface area contributed by atoms with Crippen molar-refractivity contribution in [2.75, 3.05) is 7.05 Å². The molecular weight excluding hydrogens is 440 g/mol. The van der Waals surface area contributed by atoms with E-state index in [4.69, 9.17) is 4.42 Å². The average molecular weight is 469 g/mol. The molecule has 3 aromatic heterocycles. The number of sulfone groups is 1. The Hall–Kier alpha value is -3.50. The Kier molecular flexibility index (Phi) is 6.30. The summed E-state index contributed by atoms with van der Waals surface area (Å²) in [6.45, 7) is 5.82. The normalized spacial score (nSPS) is 11.8. The van der Waals surface area contributed by atoms with Gasteiger partial charge in [-0.25, -0.2) is 18.4 Å². The molecule has 0 aliphatic heterocycles. The van der Waals surface area contributed by atoms with Gasteiger partial charge in [0, 0.05) is 26.7 Å². The third kappa shape index (κ3) is 4.67. The minimum atomic E-state index is -3.45. The minimum Gasteiger partial charge on any atom is -0.415 e. The number of aryl methyl sites for hydroxylation is 1. The molecule has 0 saturated heterocycles. The third-order valence-electron chi connectivity index (χ3n) is 5.11. The summed E-state index contributed by atoms with van der Waals surface area (Å²) in [5.74, 6) is 0.639. The Bertz CT molecular complexity index is 1380. The van der Waals surface area contributed by atoms with E-state index in [1.807, 2.05) is 31.3 Å². The first-order valence-electron chi connectivity index (χ1n) is 10.4. The van der Waals surface area contributed by atoms with Gasteiger partial charge in [-0.1, -0.05) is 12.1 Å². The number of hydrogen-bond acceptors (Lipinski definition) is 9. The number of aromatic nitrogens is 5. The van der Waals surface area contributed by atoms with Crippen LogP contribution in [0.2, 0.25) is 0 Å². The minimum absolute atomic E-state index is 0. The molecule has 0 spiro atoms. The van der Waals surface area contributed by atoms with Crippen molar-refractivity contribution in [2.45, 2.75) is 37.6 Å². The van der Waals surface area contributed by atoms with Gasteiger partial charge >= 0.3 is 0 Å². The van der Waals surface area contributed by atoms with E-state index in [0.29, 0.717) is 28.5 Å². The van der Waals surface area contributed by atoms with E-state index in [-0.39, 0.29) is 13.8 Å². The number of benzene rings is 1. The summed E-state index contributed by atoms with van der Waals surface area (Å²) in [6.07, 6.45) is 3.08. The van der Waals surface area contributed by atoms with Gasteiger partial charge in [-0.3, -0.25) is 4.98 Å². The Morgan fingerprint density at radius 2 is 1.67 bits per heavy atom. The molecule has 0 fully saturated rings. The van der Waals surface area contributed by atoms with Crippen molar-refractivity contribution in [2.24, 2.45) is 0 Å². The lowest BCUT2D eigenvalue weighted by Gasteiger charge is -2.08. The number of rotatable bonds is 7. The molecule has 0 saturated carbocycles. The van der Waals surface area contributed by atoms with Gasteiger partial charge in [-0.05, 0) is 57.6 Å². The van der Waals surface area contributed by atoms with Crippen LogP contribution in [0.25, 0.3) is 34.3 Å². The van der Waals surface area contributed by atoms with Crippen LogP contribution in [0.15, 0.2) is 58.2 Å². The zero-order valence-electron chi connectivity index (χ0n) is 18.8. The zero-order chi connectivity index (χ0) is 23.6. The van der Waals surface area contributed by atoms with Gasteiger partial charge in [0.2, 0.25) is 5.89 Å². The van der Waals surface area contributed by atoms with Crippen LogP contribution in [0.5, 0.6) is 0 Å². The van der Waals surface area contributed by atoms with Crippen molar-refractivity contribution in [3.63, 3.8) is 0 Å². The van der Waals surface area contributed by atoms with Crippen molar-refractivity contribution in [3.05, 3.63) is 60.0 Å². The second-order valence-electron chi connectivity index (χ2n) is 7.81. The molecule has 0 unspecified atom stereocenters. The fourth-order valence-electron chi connectivity index (χ4n) is 3.14. The van der Waals surface area contributed by atoms with Crippen LogP contribution in [0.1, 0.15) is 28.0 Å². The lowest BCUT2D eigenvalue weighted by atomic mass is 10.1. The SMILES string of the molecule is CNCc1ccc(-c2nnc(-c3nc(-c4ccc(S(=O)(=O)C(C)C)nc4)cnc3C)o2)cc1.[HH].[HH]. The molecule has 174 valence electrons.